The second-order valence-electron chi connectivity index (χ2n) is 7.74. The van der Waals surface area contributed by atoms with E-state index >= 15 is 0 Å². The number of nitrogens with zero attached hydrogens (tertiary/aromatic N) is 4. The molecule has 2 N–H and O–H groups in total. The number of amides is 1. The monoisotopic (exact) mass is 360 g/mol. The molecule has 26 heavy (non-hydrogen) atoms. The second kappa shape index (κ2) is 7.68. The van der Waals surface area contributed by atoms with E-state index in [1.807, 2.05) is 11.7 Å². The molecular formula is C19H32N6O. The smallest absolute Gasteiger partial charge is 0.220 e. The first-order valence-corrected chi connectivity index (χ1v) is 9.73. The van der Waals surface area contributed by atoms with E-state index in [1.54, 1.807) is 0 Å². The van der Waals surface area contributed by atoms with Crippen LogP contribution in [-0.4, -0.2) is 59.3 Å². The van der Waals surface area contributed by atoms with Crippen molar-refractivity contribution in [2.24, 2.45) is 17.5 Å². The molecule has 144 valence electrons. The van der Waals surface area contributed by atoms with Crippen molar-refractivity contribution in [2.75, 3.05) is 32.7 Å². The SMILES string of the molecule is CCNC(=NCCc1c(C)nn(C)c1C)N1CCCC2(CNC(=O)C2)C1. The molecule has 7 nitrogen and oxygen atoms in total. The van der Waals surface area contributed by atoms with Crippen molar-refractivity contribution >= 4 is 11.9 Å². The van der Waals surface area contributed by atoms with E-state index in [0.29, 0.717) is 6.42 Å². The van der Waals surface area contributed by atoms with Crippen molar-refractivity contribution in [1.29, 1.82) is 0 Å². The second-order valence-corrected chi connectivity index (χ2v) is 7.74. The number of nitrogens with one attached hydrogen (secondary N) is 2. The minimum absolute atomic E-state index is 0.0854. The van der Waals surface area contributed by atoms with E-state index in [-0.39, 0.29) is 11.3 Å². The van der Waals surface area contributed by atoms with Gasteiger partial charge >= 0.3 is 0 Å². The maximum Gasteiger partial charge on any atom is 0.220 e. The summed E-state index contributed by atoms with van der Waals surface area (Å²) in [5.41, 5.74) is 3.70. The molecule has 2 aliphatic heterocycles. The Bertz CT molecular complexity index is 694. The Morgan fingerprint density at radius 3 is 2.85 bits per heavy atom. The number of aromatic nitrogens is 2. The Kier molecular flexibility index (Phi) is 5.53. The summed E-state index contributed by atoms with van der Waals surface area (Å²) in [5, 5.41) is 10.9. The molecule has 0 aromatic carbocycles. The van der Waals surface area contributed by atoms with E-state index in [1.165, 1.54) is 11.3 Å². The van der Waals surface area contributed by atoms with Gasteiger partial charge in [-0.05, 0) is 45.6 Å². The molecule has 1 aromatic heterocycles. The Balaban J connectivity index is 1.67. The third-order valence-electron chi connectivity index (χ3n) is 5.77. The molecule has 1 spiro atoms. The molecule has 7 heteroatoms. The van der Waals surface area contributed by atoms with Crippen molar-refractivity contribution in [2.45, 2.75) is 46.5 Å². The van der Waals surface area contributed by atoms with Crippen LogP contribution in [0, 0.1) is 19.3 Å². The van der Waals surface area contributed by atoms with E-state index in [9.17, 15) is 4.79 Å². The standard InChI is InChI=1S/C19H32N6O/c1-5-20-18(21-9-7-16-14(2)23-24(4)15(16)3)25-10-6-8-19(13-25)11-17(26)22-12-19/h5-13H2,1-4H3,(H,20,21)(H,22,26). The van der Waals surface area contributed by atoms with Gasteiger partial charge < -0.3 is 15.5 Å². The number of piperidine rings is 1. The summed E-state index contributed by atoms with van der Waals surface area (Å²) in [6.45, 7) is 10.6. The molecule has 0 saturated carbocycles. The first kappa shape index (κ1) is 18.7. The van der Waals surface area contributed by atoms with Gasteiger partial charge in [0.2, 0.25) is 5.91 Å². The fourth-order valence-corrected chi connectivity index (χ4v) is 4.31. The zero-order chi connectivity index (χ0) is 18.7. The fraction of sp³-hybridized carbons (Fsp3) is 0.737. The number of hydrogen-bond donors (Lipinski definition) is 2. The number of aliphatic imine (C=N–C) groups is 1. The average molecular weight is 361 g/mol. The maximum absolute atomic E-state index is 11.7. The summed E-state index contributed by atoms with van der Waals surface area (Å²) in [4.78, 5) is 19.0. The Morgan fingerprint density at radius 2 is 2.23 bits per heavy atom. The van der Waals surface area contributed by atoms with Crippen molar-refractivity contribution < 1.29 is 4.79 Å². The van der Waals surface area contributed by atoms with Crippen LogP contribution in [0.15, 0.2) is 4.99 Å². The minimum atomic E-state index is 0.0854. The number of hydrogen-bond acceptors (Lipinski definition) is 3. The molecule has 1 amide bonds. The molecule has 3 rings (SSSR count). The number of carbonyl (C=O) groups is 1. The van der Waals surface area contributed by atoms with Gasteiger partial charge in [0, 0.05) is 57.3 Å². The van der Waals surface area contributed by atoms with Gasteiger partial charge in [0.15, 0.2) is 5.96 Å². The van der Waals surface area contributed by atoms with Crippen LogP contribution in [0.5, 0.6) is 0 Å². The fourth-order valence-electron chi connectivity index (χ4n) is 4.31. The van der Waals surface area contributed by atoms with Crippen molar-refractivity contribution in [3.8, 4) is 0 Å². The lowest BCUT2D eigenvalue weighted by Crippen LogP contribution is -2.51. The number of guanidine groups is 1. The Hall–Kier alpha value is -2.05. The zero-order valence-electron chi connectivity index (χ0n) is 16.6. The maximum atomic E-state index is 11.7. The summed E-state index contributed by atoms with van der Waals surface area (Å²) in [7, 11) is 1.99. The van der Waals surface area contributed by atoms with E-state index in [4.69, 9.17) is 4.99 Å². The highest BCUT2D eigenvalue weighted by Gasteiger charge is 2.42. The highest BCUT2D eigenvalue weighted by molar-refractivity contribution is 5.81. The van der Waals surface area contributed by atoms with Crippen molar-refractivity contribution in [3.63, 3.8) is 0 Å². The van der Waals surface area contributed by atoms with Crippen LogP contribution >= 0.6 is 0 Å². The summed E-state index contributed by atoms with van der Waals surface area (Å²) in [5.74, 6) is 1.17. The first-order valence-electron chi connectivity index (χ1n) is 9.73. The third-order valence-corrected chi connectivity index (χ3v) is 5.77. The highest BCUT2D eigenvalue weighted by Crippen LogP contribution is 2.36. The zero-order valence-corrected chi connectivity index (χ0v) is 16.6. The summed E-state index contributed by atoms with van der Waals surface area (Å²) in [6.07, 6.45) is 3.78. The number of likely N-dealkylation sites (tertiary alicyclic amines) is 1. The molecule has 2 fully saturated rings. The van der Waals surface area contributed by atoms with E-state index < -0.39 is 0 Å². The van der Waals surface area contributed by atoms with Gasteiger partial charge in [0.05, 0.1) is 5.69 Å². The predicted molar refractivity (Wildman–Crippen MR) is 103 cm³/mol. The van der Waals surface area contributed by atoms with E-state index in [2.05, 4.69) is 41.4 Å². The summed E-state index contributed by atoms with van der Waals surface area (Å²) >= 11 is 0. The van der Waals surface area contributed by atoms with Gasteiger partial charge in [-0.3, -0.25) is 14.5 Å². The molecule has 3 heterocycles. The molecule has 0 bridgehead atoms. The lowest BCUT2D eigenvalue weighted by molar-refractivity contribution is -0.119. The van der Waals surface area contributed by atoms with Gasteiger partial charge in [0.1, 0.15) is 0 Å². The van der Waals surface area contributed by atoms with Gasteiger partial charge in [-0.15, -0.1) is 0 Å². The van der Waals surface area contributed by atoms with Crippen LogP contribution < -0.4 is 10.6 Å². The molecule has 1 aromatic rings. The van der Waals surface area contributed by atoms with Crippen molar-refractivity contribution in [1.82, 2.24) is 25.3 Å². The Morgan fingerprint density at radius 1 is 1.42 bits per heavy atom. The normalized spacial score (nSPS) is 23.6. The van der Waals surface area contributed by atoms with Gasteiger partial charge in [0.25, 0.3) is 0 Å². The van der Waals surface area contributed by atoms with E-state index in [0.717, 1.165) is 63.6 Å². The van der Waals surface area contributed by atoms with Gasteiger partial charge in [-0.25, -0.2) is 0 Å². The van der Waals surface area contributed by atoms with Crippen LogP contribution in [0.2, 0.25) is 0 Å². The quantitative estimate of drug-likeness (QED) is 0.624. The predicted octanol–water partition coefficient (Wildman–Crippen LogP) is 1.15. The molecule has 2 saturated heterocycles. The molecule has 1 atom stereocenters. The van der Waals surface area contributed by atoms with Crippen molar-refractivity contribution in [3.05, 3.63) is 17.0 Å². The lowest BCUT2D eigenvalue weighted by Gasteiger charge is -2.40. The largest absolute Gasteiger partial charge is 0.357 e. The molecular weight excluding hydrogens is 328 g/mol. The lowest BCUT2D eigenvalue weighted by atomic mass is 9.79. The number of aryl methyl sites for hydroxylation is 2. The minimum Gasteiger partial charge on any atom is -0.357 e. The third kappa shape index (κ3) is 3.86. The first-order chi connectivity index (χ1) is 12.4. The summed E-state index contributed by atoms with van der Waals surface area (Å²) < 4.78 is 1.94. The number of carbonyl (C=O) groups excluding carboxylic acids is 1. The highest BCUT2D eigenvalue weighted by atomic mass is 16.1. The summed E-state index contributed by atoms with van der Waals surface area (Å²) in [6, 6.07) is 0. The average Bonchev–Trinajstić information content (AvgIpc) is 3.07. The van der Waals surface area contributed by atoms with Gasteiger partial charge in [-0.1, -0.05) is 0 Å². The van der Waals surface area contributed by atoms with Crippen LogP contribution in [0.25, 0.3) is 0 Å². The van der Waals surface area contributed by atoms with Crippen LogP contribution in [0.4, 0.5) is 0 Å². The molecule has 0 radical (unpaired) electrons. The molecule has 1 unspecified atom stereocenters. The number of rotatable bonds is 4. The Labute approximate surface area is 156 Å². The van der Waals surface area contributed by atoms with Crippen LogP contribution in [-0.2, 0) is 18.3 Å². The molecule has 0 aliphatic carbocycles. The van der Waals surface area contributed by atoms with Crippen LogP contribution in [0.1, 0.15) is 43.1 Å². The van der Waals surface area contributed by atoms with Crippen LogP contribution in [0.3, 0.4) is 0 Å². The topological polar surface area (TPSA) is 74.6 Å². The van der Waals surface area contributed by atoms with Gasteiger partial charge in [-0.2, -0.15) is 5.10 Å². The molecule has 2 aliphatic rings.